The maximum atomic E-state index is 6.10. The van der Waals surface area contributed by atoms with Gasteiger partial charge in [-0.3, -0.25) is 4.68 Å². The molecular weight excluding hydrogens is 350 g/mol. The van der Waals surface area contributed by atoms with Crippen molar-refractivity contribution in [2.45, 2.75) is 6.54 Å². The normalized spacial score (nSPS) is 10.8. The summed E-state index contributed by atoms with van der Waals surface area (Å²) in [5.74, 6) is 0. The molecule has 0 amide bonds. The molecule has 0 bridgehead atoms. The molecule has 0 spiro atoms. The van der Waals surface area contributed by atoms with Crippen molar-refractivity contribution >= 4 is 33.2 Å². The Morgan fingerprint density at radius 3 is 2.71 bits per heavy atom. The van der Waals surface area contributed by atoms with Gasteiger partial charge in [-0.2, -0.15) is 5.10 Å². The van der Waals surface area contributed by atoms with Crippen LogP contribution < -0.4 is 5.73 Å². The summed E-state index contributed by atoms with van der Waals surface area (Å²) in [6.45, 7) is 0.634. The molecule has 0 atom stereocenters. The van der Waals surface area contributed by atoms with Crippen molar-refractivity contribution in [1.82, 2.24) is 9.78 Å². The summed E-state index contributed by atoms with van der Waals surface area (Å²) >= 11 is 9.53. The van der Waals surface area contributed by atoms with E-state index in [9.17, 15) is 0 Å². The predicted molar refractivity (Wildman–Crippen MR) is 90.3 cm³/mol. The van der Waals surface area contributed by atoms with Crippen molar-refractivity contribution in [3.63, 3.8) is 0 Å². The lowest BCUT2D eigenvalue weighted by molar-refractivity contribution is 0.689. The predicted octanol–water partition coefficient (Wildman–Crippen LogP) is 4.60. The van der Waals surface area contributed by atoms with Gasteiger partial charge in [0.25, 0.3) is 0 Å². The Bertz CT molecular complexity index is 783. The second kappa shape index (κ2) is 5.92. The Kier molecular flexibility index (Phi) is 3.99. The van der Waals surface area contributed by atoms with Crippen LogP contribution in [-0.4, -0.2) is 9.78 Å². The Hall–Kier alpha value is -1.78. The second-order valence-corrected chi connectivity index (χ2v) is 6.03. The number of nitrogens with two attached hydrogens (primary N) is 1. The van der Waals surface area contributed by atoms with Crippen LogP contribution in [0.5, 0.6) is 0 Å². The van der Waals surface area contributed by atoms with Crippen LogP contribution in [0.1, 0.15) is 5.56 Å². The second-order valence-electron chi connectivity index (χ2n) is 4.74. The zero-order valence-electron chi connectivity index (χ0n) is 11.1. The van der Waals surface area contributed by atoms with Crippen molar-refractivity contribution in [2.24, 2.45) is 0 Å². The number of halogens is 2. The number of anilines is 1. The van der Waals surface area contributed by atoms with Crippen LogP contribution in [0.25, 0.3) is 11.3 Å². The number of hydrogen-bond acceptors (Lipinski definition) is 2. The molecule has 0 saturated heterocycles. The lowest BCUT2D eigenvalue weighted by Crippen LogP contribution is -2.00. The Balaban J connectivity index is 1.93. The van der Waals surface area contributed by atoms with Crippen LogP contribution in [0, 0.1) is 0 Å². The first-order valence-electron chi connectivity index (χ1n) is 6.46. The molecule has 0 saturated carbocycles. The molecule has 0 aliphatic rings. The lowest BCUT2D eigenvalue weighted by atomic mass is 10.1. The van der Waals surface area contributed by atoms with Crippen molar-refractivity contribution < 1.29 is 0 Å². The molecule has 1 heterocycles. The average molecular weight is 363 g/mol. The van der Waals surface area contributed by atoms with Crippen LogP contribution in [0.15, 0.2) is 59.2 Å². The smallest absolute Gasteiger partial charge is 0.116 e. The monoisotopic (exact) mass is 361 g/mol. The fraction of sp³-hybridized carbons (Fsp3) is 0.0625. The van der Waals surface area contributed by atoms with Gasteiger partial charge >= 0.3 is 0 Å². The van der Waals surface area contributed by atoms with E-state index in [-0.39, 0.29) is 0 Å². The average Bonchev–Trinajstić information content (AvgIpc) is 2.80. The van der Waals surface area contributed by atoms with Gasteiger partial charge < -0.3 is 5.73 Å². The first-order chi connectivity index (χ1) is 10.1. The molecule has 0 aliphatic carbocycles. The summed E-state index contributed by atoms with van der Waals surface area (Å²) in [6.07, 6.45) is 1.84. The number of rotatable bonds is 3. The van der Waals surface area contributed by atoms with E-state index in [0.717, 1.165) is 26.3 Å². The van der Waals surface area contributed by atoms with E-state index in [1.807, 2.05) is 59.4 Å². The van der Waals surface area contributed by atoms with Gasteiger partial charge in [0.2, 0.25) is 0 Å². The van der Waals surface area contributed by atoms with Crippen LogP contribution in [-0.2, 0) is 6.54 Å². The van der Waals surface area contributed by atoms with E-state index >= 15 is 0 Å². The van der Waals surface area contributed by atoms with E-state index in [1.54, 1.807) is 0 Å². The Labute approximate surface area is 136 Å². The molecule has 1 aromatic heterocycles. The van der Waals surface area contributed by atoms with Gasteiger partial charge in [0.15, 0.2) is 0 Å². The van der Waals surface area contributed by atoms with Crippen molar-refractivity contribution in [3.05, 3.63) is 69.8 Å². The van der Waals surface area contributed by atoms with Crippen LogP contribution >= 0.6 is 27.5 Å². The maximum Gasteiger partial charge on any atom is 0.116 e. The molecule has 0 radical (unpaired) electrons. The van der Waals surface area contributed by atoms with Crippen LogP contribution in [0.3, 0.4) is 0 Å². The molecule has 21 heavy (non-hydrogen) atoms. The third-order valence-corrected chi connectivity index (χ3v) is 4.08. The topological polar surface area (TPSA) is 43.8 Å². The Morgan fingerprint density at radius 2 is 1.95 bits per heavy atom. The van der Waals surface area contributed by atoms with Crippen molar-refractivity contribution in [2.75, 3.05) is 5.73 Å². The fourth-order valence-corrected chi connectivity index (χ4v) is 2.89. The molecule has 106 valence electrons. The van der Waals surface area contributed by atoms with Gasteiger partial charge in [0.1, 0.15) is 5.69 Å². The van der Waals surface area contributed by atoms with Crippen molar-refractivity contribution in [1.29, 1.82) is 0 Å². The van der Waals surface area contributed by atoms with E-state index in [0.29, 0.717) is 12.2 Å². The summed E-state index contributed by atoms with van der Waals surface area (Å²) in [4.78, 5) is 0. The molecule has 3 rings (SSSR count). The highest BCUT2D eigenvalue weighted by atomic mass is 79.9. The van der Waals surface area contributed by atoms with Gasteiger partial charge in [-0.25, -0.2) is 0 Å². The van der Waals surface area contributed by atoms with E-state index in [2.05, 4.69) is 21.0 Å². The standard InChI is InChI=1S/C16H13BrClN3/c17-14-7-2-1-6-13(14)16-15(19)10-21(20-16)9-11-4-3-5-12(18)8-11/h1-8,10H,9,19H2. The molecule has 5 heteroatoms. The van der Waals surface area contributed by atoms with Crippen LogP contribution in [0.2, 0.25) is 5.02 Å². The minimum absolute atomic E-state index is 0.634. The molecule has 3 aromatic rings. The highest BCUT2D eigenvalue weighted by Crippen LogP contribution is 2.30. The summed E-state index contributed by atoms with van der Waals surface area (Å²) in [7, 11) is 0. The molecular formula is C16H13BrClN3. The number of nitrogen functional groups attached to an aromatic ring is 1. The van der Waals surface area contributed by atoms with Gasteiger partial charge in [-0.15, -0.1) is 0 Å². The number of benzene rings is 2. The third-order valence-electron chi connectivity index (χ3n) is 3.15. The van der Waals surface area contributed by atoms with E-state index < -0.39 is 0 Å². The SMILES string of the molecule is Nc1cn(Cc2cccc(Cl)c2)nc1-c1ccccc1Br. The summed E-state index contributed by atoms with van der Waals surface area (Å²) in [5, 5.41) is 5.31. The summed E-state index contributed by atoms with van der Waals surface area (Å²) < 4.78 is 2.81. The zero-order chi connectivity index (χ0) is 14.8. The number of aromatic nitrogens is 2. The van der Waals surface area contributed by atoms with Gasteiger partial charge in [-0.1, -0.05) is 57.9 Å². The molecule has 0 unspecified atom stereocenters. The number of hydrogen-bond donors (Lipinski definition) is 1. The Morgan fingerprint density at radius 1 is 1.14 bits per heavy atom. The fourth-order valence-electron chi connectivity index (χ4n) is 2.20. The first-order valence-corrected chi connectivity index (χ1v) is 7.63. The largest absolute Gasteiger partial charge is 0.396 e. The highest BCUT2D eigenvalue weighted by molar-refractivity contribution is 9.10. The molecule has 0 aliphatic heterocycles. The lowest BCUT2D eigenvalue weighted by Gasteiger charge is -2.03. The summed E-state index contributed by atoms with van der Waals surface area (Å²) in [6, 6.07) is 15.6. The summed E-state index contributed by atoms with van der Waals surface area (Å²) in [5.41, 5.74) is 9.61. The number of nitrogens with zero attached hydrogens (tertiary/aromatic N) is 2. The van der Waals surface area contributed by atoms with Crippen LogP contribution in [0.4, 0.5) is 5.69 Å². The zero-order valence-corrected chi connectivity index (χ0v) is 13.5. The van der Waals surface area contributed by atoms with Gasteiger partial charge in [0, 0.05) is 21.3 Å². The van der Waals surface area contributed by atoms with Gasteiger partial charge in [0.05, 0.1) is 12.2 Å². The third kappa shape index (κ3) is 3.12. The van der Waals surface area contributed by atoms with Gasteiger partial charge in [-0.05, 0) is 23.8 Å². The maximum absolute atomic E-state index is 6.10. The minimum Gasteiger partial charge on any atom is -0.396 e. The first kappa shape index (κ1) is 14.2. The molecule has 3 nitrogen and oxygen atoms in total. The van der Waals surface area contributed by atoms with Crippen molar-refractivity contribution in [3.8, 4) is 11.3 Å². The highest BCUT2D eigenvalue weighted by Gasteiger charge is 2.11. The van der Waals surface area contributed by atoms with E-state index in [4.69, 9.17) is 17.3 Å². The molecule has 0 fully saturated rings. The quantitative estimate of drug-likeness (QED) is 0.740. The van der Waals surface area contributed by atoms with E-state index in [1.165, 1.54) is 0 Å². The molecule has 2 aromatic carbocycles. The molecule has 2 N–H and O–H groups in total. The minimum atomic E-state index is 0.634.